The van der Waals surface area contributed by atoms with E-state index in [1.54, 1.807) is 17.5 Å². The Morgan fingerprint density at radius 3 is 2.75 bits per heavy atom. The van der Waals surface area contributed by atoms with Crippen molar-refractivity contribution in [2.45, 2.75) is 46.2 Å². The molecule has 2 heterocycles. The number of thiazole rings is 1. The van der Waals surface area contributed by atoms with Crippen molar-refractivity contribution < 1.29 is 0 Å². The molecule has 110 valence electrons. The molecule has 0 aliphatic heterocycles. The molecular weight excluding hydrogens is 292 g/mol. The van der Waals surface area contributed by atoms with Crippen LogP contribution < -0.4 is 5.32 Å². The van der Waals surface area contributed by atoms with Gasteiger partial charge in [-0.2, -0.15) is 5.10 Å². The van der Waals surface area contributed by atoms with Crippen LogP contribution in [0, 0.1) is 6.92 Å². The van der Waals surface area contributed by atoms with Gasteiger partial charge in [0.25, 0.3) is 0 Å². The number of rotatable bonds is 6. The molecular formula is C14H21ClN4S. The van der Waals surface area contributed by atoms with Crippen LogP contribution in [0.2, 0.25) is 5.02 Å². The molecule has 2 aromatic rings. The summed E-state index contributed by atoms with van der Waals surface area (Å²) in [5.41, 5.74) is 2.15. The first-order valence-electron chi connectivity index (χ1n) is 6.90. The summed E-state index contributed by atoms with van der Waals surface area (Å²) in [7, 11) is 0. The summed E-state index contributed by atoms with van der Waals surface area (Å²) < 4.78 is 1.99. The van der Waals surface area contributed by atoms with E-state index in [2.05, 4.69) is 41.6 Å². The number of aryl methyl sites for hydroxylation is 1. The lowest BCUT2D eigenvalue weighted by Crippen LogP contribution is -2.26. The van der Waals surface area contributed by atoms with Crippen molar-refractivity contribution in [3.05, 3.63) is 33.0 Å². The number of nitrogens with zero attached hydrogens (tertiary/aromatic N) is 3. The molecule has 0 aliphatic carbocycles. The van der Waals surface area contributed by atoms with Gasteiger partial charge in [0.05, 0.1) is 33.7 Å². The maximum absolute atomic E-state index is 6.35. The second-order valence-corrected chi connectivity index (χ2v) is 6.56. The van der Waals surface area contributed by atoms with Crippen LogP contribution >= 0.6 is 22.9 Å². The van der Waals surface area contributed by atoms with Gasteiger partial charge in [-0.25, -0.2) is 4.98 Å². The molecule has 0 saturated heterocycles. The highest BCUT2D eigenvalue weighted by atomic mass is 35.5. The SMILES string of the molecule is CCNC(Cc1csc(C)n1)c1c(Cl)cnn1C(C)C. The summed E-state index contributed by atoms with van der Waals surface area (Å²) in [4.78, 5) is 4.55. The maximum atomic E-state index is 6.35. The molecule has 0 radical (unpaired) electrons. The van der Waals surface area contributed by atoms with Gasteiger partial charge in [0, 0.05) is 17.8 Å². The van der Waals surface area contributed by atoms with Gasteiger partial charge in [-0.1, -0.05) is 18.5 Å². The smallest absolute Gasteiger partial charge is 0.0897 e. The van der Waals surface area contributed by atoms with E-state index in [0.717, 1.165) is 34.4 Å². The molecule has 1 N–H and O–H groups in total. The fourth-order valence-corrected chi connectivity index (χ4v) is 3.20. The Bertz CT molecular complexity index is 561. The van der Waals surface area contributed by atoms with Gasteiger partial charge in [-0.3, -0.25) is 4.68 Å². The number of hydrogen-bond acceptors (Lipinski definition) is 4. The molecule has 6 heteroatoms. The van der Waals surface area contributed by atoms with Crippen molar-refractivity contribution >= 4 is 22.9 Å². The van der Waals surface area contributed by atoms with E-state index in [4.69, 9.17) is 11.6 Å². The molecule has 0 bridgehead atoms. The molecule has 0 saturated carbocycles. The van der Waals surface area contributed by atoms with Gasteiger partial charge in [0.2, 0.25) is 0 Å². The Labute approximate surface area is 129 Å². The van der Waals surface area contributed by atoms with E-state index in [-0.39, 0.29) is 12.1 Å². The monoisotopic (exact) mass is 312 g/mol. The Kier molecular flexibility index (Phi) is 5.18. The van der Waals surface area contributed by atoms with Gasteiger partial charge in [-0.15, -0.1) is 11.3 Å². The third-order valence-electron chi connectivity index (χ3n) is 3.14. The van der Waals surface area contributed by atoms with E-state index in [1.807, 2.05) is 11.6 Å². The maximum Gasteiger partial charge on any atom is 0.0897 e. The van der Waals surface area contributed by atoms with Crippen LogP contribution in [0.5, 0.6) is 0 Å². The van der Waals surface area contributed by atoms with Gasteiger partial charge < -0.3 is 5.32 Å². The molecule has 0 spiro atoms. The van der Waals surface area contributed by atoms with E-state index < -0.39 is 0 Å². The van der Waals surface area contributed by atoms with Crippen LogP contribution in [-0.4, -0.2) is 21.3 Å². The van der Waals surface area contributed by atoms with E-state index >= 15 is 0 Å². The molecule has 4 nitrogen and oxygen atoms in total. The molecule has 2 aromatic heterocycles. The van der Waals surface area contributed by atoms with Crippen LogP contribution in [0.1, 0.15) is 49.3 Å². The highest BCUT2D eigenvalue weighted by molar-refractivity contribution is 7.09. The van der Waals surface area contributed by atoms with Crippen molar-refractivity contribution in [1.82, 2.24) is 20.1 Å². The number of hydrogen-bond donors (Lipinski definition) is 1. The van der Waals surface area contributed by atoms with Crippen molar-refractivity contribution in [3.8, 4) is 0 Å². The topological polar surface area (TPSA) is 42.7 Å². The zero-order chi connectivity index (χ0) is 14.7. The van der Waals surface area contributed by atoms with E-state index in [9.17, 15) is 0 Å². The van der Waals surface area contributed by atoms with Gasteiger partial charge in [0.15, 0.2) is 0 Å². The lowest BCUT2D eigenvalue weighted by molar-refractivity contribution is 0.446. The zero-order valence-corrected chi connectivity index (χ0v) is 13.9. The molecule has 20 heavy (non-hydrogen) atoms. The van der Waals surface area contributed by atoms with Crippen LogP contribution in [-0.2, 0) is 6.42 Å². The molecule has 2 rings (SSSR count). The van der Waals surface area contributed by atoms with Crippen LogP contribution in [0.3, 0.4) is 0 Å². The third-order valence-corrected chi connectivity index (χ3v) is 4.25. The summed E-state index contributed by atoms with van der Waals surface area (Å²) in [6.07, 6.45) is 2.56. The second kappa shape index (κ2) is 6.70. The standard InChI is InChI=1S/C14H21ClN4S/c1-5-16-13(6-11-8-20-10(4)18-11)14-12(15)7-17-19(14)9(2)3/h7-9,13,16H,5-6H2,1-4H3. The first-order valence-corrected chi connectivity index (χ1v) is 8.16. The highest BCUT2D eigenvalue weighted by Gasteiger charge is 2.22. The van der Waals surface area contributed by atoms with Gasteiger partial charge >= 0.3 is 0 Å². The number of aromatic nitrogens is 3. The molecule has 0 fully saturated rings. The Hall–Kier alpha value is -0.910. The minimum atomic E-state index is 0.138. The molecule has 0 amide bonds. The summed E-state index contributed by atoms with van der Waals surface area (Å²) in [5.74, 6) is 0. The van der Waals surface area contributed by atoms with Crippen LogP contribution in [0.25, 0.3) is 0 Å². The third kappa shape index (κ3) is 3.40. The quantitative estimate of drug-likeness (QED) is 0.882. The average molecular weight is 313 g/mol. The molecule has 0 aromatic carbocycles. The van der Waals surface area contributed by atoms with Gasteiger partial charge in [0.1, 0.15) is 0 Å². The first kappa shape index (κ1) is 15.5. The Morgan fingerprint density at radius 1 is 1.45 bits per heavy atom. The van der Waals surface area contributed by atoms with Crippen LogP contribution in [0.4, 0.5) is 0 Å². The normalized spacial score (nSPS) is 13.1. The lowest BCUT2D eigenvalue weighted by atomic mass is 10.1. The summed E-state index contributed by atoms with van der Waals surface area (Å²) >= 11 is 8.03. The Balaban J connectivity index is 2.30. The fourth-order valence-electron chi connectivity index (χ4n) is 2.31. The van der Waals surface area contributed by atoms with Crippen molar-refractivity contribution in [1.29, 1.82) is 0 Å². The predicted octanol–water partition coefficient (Wildman–Crippen LogP) is 3.78. The Morgan fingerprint density at radius 2 is 2.20 bits per heavy atom. The van der Waals surface area contributed by atoms with Gasteiger partial charge in [-0.05, 0) is 27.3 Å². The van der Waals surface area contributed by atoms with Crippen molar-refractivity contribution in [2.24, 2.45) is 0 Å². The first-order chi connectivity index (χ1) is 9.52. The van der Waals surface area contributed by atoms with Crippen LogP contribution in [0.15, 0.2) is 11.6 Å². The molecule has 0 aliphatic rings. The number of halogens is 1. The lowest BCUT2D eigenvalue weighted by Gasteiger charge is -2.21. The molecule has 1 unspecified atom stereocenters. The second-order valence-electron chi connectivity index (χ2n) is 5.09. The summed E-state index contributed by atoms with van der Waals surface area (Å²) in [5, 5.41) is 11.8. The largest absolute Gasteiger partial charge is 0.309 e. The minimum Gasteiger partial charge on any atom is -0.309 e. The fraction of sp³-hybridized carbons (Fsp3) is 0.571. The van der Waals surface area contributed by atoms with Crippen molar-refractivity contribution in [2.75, 3.05) is 6.54 Å². The summed E-state index contributed by atoms with van der Waals surface area (Å²) in [6, 6.07) is 0.426. The minimum absolute atomic E-state index is 0.138. The predicted molar refractivity (Wildman–Crippen MR) is 84.6 cm³/mol. The highest BCUT2D eigenvalue weighted by Crippen LogP contribution is 2.28. The zero-order valence-electron chi connectivity index (χ0n) is 12.4. The average Bonchev–Trinajstić information content (AvgIpc) is 2.95. The molecule has 1 atom stereocenters. The van der Waals surface area contributed by atoms with E-state index in [1.165, 1.54) is 0 Å². The summed E-state index contributed by atoms with van der Waals surface area (Å²) in [6.45, 7) is 9.24. The van der Waals surface area contributed by atoms with Crippen molar-refractivity contribution in [3.63, 3.8) is 0 Å². The number of likely N-dealkylation sites (N-methyl/N-ethyl adjacent to an activating group) is 1. The number of nitrogens with one attached hydrogen (secondary N) is 1. The van der Waals surface area contributed by atoms with E-state index in [0.29, 0.717) is 0 Å².